The van der Waals surface area contributed by atoms with E-state index in [2.05, 4.69) is 12.1 Å². The summed E-state index contributed by atoms with van der Waals surface area (Å²) in [5.41, 5.74) is 4.14. The smallest absolute Gasteiger partial charge is 0.138 e. The summed E-state index contributed by atoms with van der Waals surface area (Å²) >= 11 is 12.4. The molecule has 0 spiro atoms. The number of hydrogen-bond acceptors (Lipinski definition) is 2. The van der Waals surface area contributed by atoms with E-state index in [1.807, 2.05) is 6.07 Å². The summed E-state index contributed by atoms with van der Waals surface area (Å²) < 4.78 is 5.13. The highest BCUT2D eigenvalue weighted by molar-refractivity contribution is 6.34. The van der Waals surface area contributed by atoms with Crippen LogP contribution in [0.15, 0.2) is 30.3 Å². The summed E-state index contributed by atoms with van der Waals surface area (Å²) in [4.78, 5) is 0. The van der Waals surface area contributed by atoms with Crippen molar-refractivity contribution in [2.45, 2.75) is 25.4 Å². The Balaban J connectivity index is 1.98. The Hall–Kier alpha value is -1.22. The summed E-state index contributed by atoms with van der Waals surface area (Å²) in [5.74, 6) is 0.506. The maximum Gasteiger partial charge on any atom is 0.138 e. The van der Waals surface area contributed by atoms with Gasteiger partial charge in [-0.15, -0.1) is 0 Å². The molecule has 0 heterocycles. The molecule has 0 amide bonds. The van der Waals surface area contributed by atoms with Crippen molar-refractivity contribution in [2.24, 2.45) is 0 Å². The van der Waals surface area contributed by atoms with Gasteiger partial charge in [0.15, 0.2) is 0 Å². The summed E-state index contributed by atoms with van der Waals surface area (Å²) in [5, 5.41) is 11.5. The zero-order valence-corrected chi connectivity index (χ0v) is 13.2. The van der Waals surface area contributed by atoms with E-state index in [4.69, 9.17) is 27.9 Å². The highest BCUT2D eigenvalue weighted by atomic mass is 35.5. The molecule has 1 aliphatic carbocycles. The minimum Gasteiger partial charge on any atom is -0.495 e. The standard InChI is InChI=1S/C17H16Cl2O2/c1-21-16-9-14(18)13(8-15(16)19)17(20)12-6-5-10-3-2-4-11(10)7-12/h5-9,17,20H,2-4H2,1H3. The third kappa shape index (κ3) is 2.76. The Morgan fingerprint density at radius 2 is 1.81 bits per heavy atom. The second-order valence-corrected chi connectivity index (χ2v) is 6.11. The number of methoxy groups -OCH3 is 1. The Morgan fingerprint density at radius 1 is 1.05 bits per heavy atom. The van der Waals surface area contributed by atoms with Gasteiger partial charge in [0.25, 0.3) is 0 Å². The molecule has 2 aromatic carbocycles. The third-order valence-corrected chi connectivity index (χ3v) is 4.63. The van der Waals surface area contributed by atoms with Gasteiger partial charge < -0.3 is 9.84 Å². The van der Waals surface area contributed by atoms with E-state index in [0.717, 1.165) is 18.4 Å². The van der Waals surface area contributed by atoms with Crippen LogP contribution in [0, 0.1) is 0 Å². The number of ether oxygens (including phenoxy) is 1. The van der Waals surface area contributed by atoms with Gasteiger partial charge in [-0.3, -0.25) is 0 Å². The van der Waals surface area contributed by atoms with Crippen molar-refractivity contribution >= 4 is 23.2 Å². The maximum absolute atomic E-state index is 10.6. The molecule has 1 atom stereocenters. The lowest BCUT2D eigenvalue weighted by Gasteiger charge is -2.16. The average molecular weight is 323 g/mol. The van der Waals surface area contributed by atoms with E-state index >= 15 is 0 Å². The minimum atomic E-state index is -0.785. The van der Waals surface area contributed by atoms with Crippen molar-refractivity contribution in [1.82, 2.24) is 0 Å². The number of halogens is 2. The average Bonchev–Trinajstić information content (AvgIpc) is 2.95. The quantitative estimate of drug-likeness (QED) is 0.896. The molecule has 0 aromatic heterocycles. The van der Waals surface area contributed by atoms with Crippen LogP contribution in [-0.2, 0) is 12.8 Å². The molecule has 4 heteroatoms. The topological polar surface area (TPSA) is 29.5 Å². The van der Waals surface area contributed by atoms with Gasteiger partial charge in [0.1, 0.15) is 11.9 Å². The van der Waals surface area contributed by atoms with Crippen LogP contribution in [0.4, 0.5) is 0 Å². The molecule has 2 aromatic rings. The van der Waals surface area contributed by atoms with Crippen LogP contribution in [0.1, 0.15) is 34.8 Å². The zero-order chi connectivity index (χ0) is 15.0. The summed E-state index contributed by atoms with van der Waals surface area (Å²) in [6.07, 6.45) is 2.60. The molecule has 21 heavy (non-hydrogen) atoms. The number of hydrogen-bond donors (Lipinski definition) is 1. The van der Waals surface area contributed by atoms with Crippen LogP contribution in [-0.4, -0.2) is 12.2 Å². The van der Waals surface area contributed by atoms with Crippen LogP contribution in [0.25, 0.3) is 0 Å². The van der Waals surface area contributed by atoms with Gasteiger partial charge >= 0.3 is 0 Å². The lowest BCUT2D eigenvalue weighted by atomic mass is 9.98. The van der Waals surface area contributed by atoms with Crippen molar-refractivity contribution in [3.8, 4) is 5.75 Å². The molecule has 1 N–H and O–H groups in total. The lowest BCUT2D eigenvalue weighted by Crippen LogP contribution is -2.02. The van der Waals surface area contributed by atoms with Crippen molar-refractivity contribution in [3.63, 3.8) is 0 Å². The van der Waals surface area contributed by atoms with E-state index < -0.39 is 6.10 Å². The number of aliphatic hydroxyl groups excluding tert-OH is 1. The predicted molar refractivity (Wildman–Crippen MR) is 85.5 cm³/mol. The summed E-state index contributed by atoms with van der Waals surface area (Å²) in [6.45, 7) is 0. The van der Waals surface area contributed by atoms with Gasteiger partial charge in [0, 0.05) is 11.6 Å². The van der Waals surface area contributed by atoms with Crippen LogP contribution < -0.4 is 4.74 Å². The monoisotopic (exact) mass is 322 g/mol. The van der Waals surface area contributed by atoms with Gasteiger partial charge in [-0.25, -0.2) is 0 Å². The minimum absolute atomic E-state index is 0.442. The first kappa shape index (κ1) is 14.7. The van der Waals surface area contributed by atoms with Crippen LogP contribution in [0.3, 0.4) is 0 Å². The number of benzene rings is 2. The van der Waals surface area contributed by atoms with Crippen LogP contribution in [0.2, 0.25) is 10.0 Å². The summed E-state index contributed by atoms with van der Waals surface area (Å²) in [7, 11) is 1.54. The fourth-order valence-electron chi connectivity index (χ4n) is 2.85. The van der Waals surface area contributed by atoms with Gasteiger partial charge in [-0.1, -0.05) is 41.4 Å². The molecule has 0 bridgehead atoms. The molecular formula is C17H16Cl2O2. The lowest BCUT2D eigenvalue weighted by molar-refractivity contribution is 0.220. The molecular weight excluding hydrogens is 307 g/mol. The number of aliphatic hydroxyl groups is 1. The number of rotatable bonds is 3. The van der Waals surface area contributed by atoms with Gasteiger partial charge in [0.05, 0.1) is 17.2 Å². The largest absolute Gasteiger partial charge is 0.495 e. The van der Waals surface area contributed by atoms with Crippen LogP contribution >= 0.6 is 23.2 Å². The molecule has 0 aliphatic heterocycles. The number of fused-ring (bicyclic) bond motifs is 1. The van der Waals surface area contributed by atoms with E-state index in [9.17, 15) is 5.11 Å². The molecule has 110 valence electrons. The van der Waals surface area contributed by atoms with Gasteiger partial charge in [-0.2, -0.15) is 0 Å². The zero-order valence-electron chi connectivity index (χ0n) is 11.7. The molecule has 2 nitrogen and oxygen atoms in total. The highest BCUT2D eigenvalue weighted by Crippen LogP contribution is 2.37. The normalized spacial score (nSPS) is 14.9. The molecule has 0 saturated carbocycles. The molecule has 0 radical (unpaired) electrons. The van der Waals surface area contributed by atoms with Crippen molar-refractivity contribution in [1.29, 1.82) is 0 Å². The molecule has 1 aliphatic rings. The van der Waals surface area contributed by atoms with E-state index in [1.165, 1.54) is 24.7 Å². The SMILES string of the molecule is COc1cc(Cl)c(C(O)c2ccc3c(c2)CCC3)cc1Cl. The second-order valence-electron chi connectivity index (χ2n) is 5.29. The Morgan fingerprint density at radius 3 is 2.57 bits per heavy atom. The first-order valence-corrected chi connectivity index (χ1v) is 7.68. The molecule has 1 unspecified atom stereocenters. The first-order valence-electron chi connectivity index (χ1n) is 6.93. The fourth-order valence-corrected chi connectivity index (χ4v) is 3.36. The third-order valence-electron chi connectivity index (χ3n) is 4.00. The van der Waals surface area contributed by atoms with Crippen LogP contribution in [0.5, 0.6) is 5.75 Å². The van der Waals surface area contributed by atoms with E-state index in [0.29, 0.717) is 21.4 Å². The maximum atomic E-state index is 10.6. The van der Waals surface area contributed by atoms with Gasteiger partial charge in [0.2, 0.25) is 0 Å². The predicted octanol–water partition coefficient (Wildman–Crippen LogP) is 4.57. The van der Waals surface area contributed by atoms with Gasteiger partial charge in [-0.05, 0) is 42.0 Å². The van der Waals surface area contributed by atoms with E-state index in [1.54, 1.807) is 12.1 Å². The van der Waals surface area contributed by atoms with Crippen molar-refractivity contribution < 1.29 is 9.84 Å². The Kier molecular flexibility index (Phi) is 4.12. The van der Waals surface area contributed by atoms with Crippen molar-refractivity contribution in [2.75, 3.05) is 7.11 Å². The molecule has 3 rings (SSSR count). The first-order chi connectivity index (χ1) is 10.1. The van der Waals surface area contributed by atoms with Crippen molar-refractivity contribution in [3.05, 3.63) is 62.6 Å². The second kappa shape index (κ2) is 5.88. The Bertz CT molecular complexity index is 683. The highest BCUT2D eigenvalue weighted by Gasteiger charge is 2.19. The molecule has 0 fully saturated rings. The summed E-state index contributed by atoms with van der Waals surface area (Å²) in [6, 6.07) is 9.43. The van der Waals surface area contributed by atoms with E-state index in [-0.39, 0.29) is 0 Å². The Labute approximate surface area is 134 Å². The fraction of sp³-hybridized carbons (Fsp3) is 0.294. The molecule has 0 saturated heterocycles. The number of aryl methyl sites for hydroxylation is 2.